The standard InChI is InChI=1S/C22H22N8O3S/c23-13-3-4-29(9-13)21(32)17-6-12(10-34-17)15-7-18(25-14-1-2-14)30-19(26-15)11(8-24-30)5-16-20(31)28-22(33)27-16/h5-8,10,13-14,31H,1-4,9,23H2,(H2,27,28,33)/t13-/m1/s1. The zero-order valence-electron chi connectivity index (χ0n) is 18.1. The molecule has 0 aromatic carbocycles. The molecule has 1 aliphatic heterocycles. The summed E-state index contributed by atoms with van der Waals surface area (Å²) in [6.45, 7) is 1.24. The molecule has 0 bridgehead atoms. The van der Waals surface area contributed by atoms with E-state index in [9.17, 15) is 14.7 Å². The van der Waals surface area contributed by atoms with Gasteiger partial charge in [-0.2, -0.15) is 9.61 Å². The zero-order valence-corrected chi connectivity index (χ0v) is 18.9. The highest BCUT2D eigenvalue weighted by molar-refractivity contribution is 7.12. The van der Waals surface area contributed by atoms with E-state index in [4.69, 9.17) is 15.7 Å². The minimum Gasteiger partial charge on any atom is -0.493 e. The summed E-state index contributed by atoms with van der Waals surface area (Å²) in [5.41, 5.74) is 8.37. The molecule has 4 aromatic rings. The number of carbonyl (C=O) groups excluding carboxylic acids is 1. The number of aromatic amines is 2. The second-order valence-corrected chi connectivity index (χ2v) is 9.59. The van der Waals surface area contributed by atoms with Crippen LogP contribution >= 0.6 is 11.3 Å². The Morgan fingerprint density at radius 3 is 2.85 bits per heavy atom. The Morgan fingerprint density at radius 2 is 2.15 bits per heavy atom. The maximum Gasteiger partial charge on any atom is 0.326 e. The fourth-order valence-electron chi connectivity index (χ4n) is 4.05. The third-order valence-corrected chi connectivity index (χ3v) is 6.91. The van der Waals surface area contributed by atoms with Gasteiger partial charge in [-0.05, 0) is 31.4 Å². The summed E-state index contributed by atoms with van der Waals surface area (Å²) >= 11 is 1.38. The van der Waals surface area contributed by atoms with E-state index in [2.05, 4.69) is 15.1 Å². The van der Waals surface area contributed by atoms with Crippen molar-refractivity contribution in [2.75, 3.05) is 13.1 Å². The van der Waals surface area contributed by atoms with E-state index in [1.54, 1.807) is 21.7 Å². The fourth-order valence-corrected chi connectivity index (χ4v) is 4.92. The molecule has 11 nitrogen and oxygen atoms in total. The van der Waals surface area contributed by atoms with Crippen molar-refractivity contribution in [1.82, 2.24) is 29.5 Å². The van der Waals surface area contributed by atoms with Crippen molar-refractivity contribution in [2.45, 2.75) is 31.3 Å². The number of hydrogen-bond donors (Lipinski definition) is 4. The molecular weight excluding hydrogens is 456 g/mol. The lowest BCUT2D eigenvalue weighted by molar-refractivity contribution is 0.0795. The molecule has 1 atom stereocenters. The Bertz CT molecular complexity index is 1590. The first-order valence-corrected chi connectivity index (χ1v) is 11.9. The number of hydrogen-bond acceptors (Lipinski definition) is 8. The average molecular weight is 479 g/mol. The summed E-state index contributed by atoms with van der Waals surface area (Å²) in [7, 11) is 0. The fraction of sp³-hybridized carbons (Fsp3) is 0.318. The first-order chi connectivity index (χ1) is 16.4. The first-order valence-electron chi connectivity index (χ1n) is 11.0. The molecule has 34 heavy (non-hydrogen) atoms. The molecule has 12 heteroatoms. The Hall–Kier alpha value is -3.77. The van der Waals surface area contributed by atoms with E-state index in [1.165, 1.54) is 11.3 Å². The number of thiophene rings is 1. The van der Waals surface area contributed by atoms with Crippen molar-refractivity contribution in [3.8, 4) is 17.1 Å². The van der Waals surface area contributed by atoms with Gasteiger partial charge in [-0.3, -0.25) is 14.8 Å². The number of amides is 1. The molecule has 2 aliphatic rings. The topological polar surface area (TPSA) is 158 Å². The third kappa shape index (κ3) is 3.80. The molecule has 1 saturated carbocycles. The number of nitrogens with two attached hydrogens (primary N) is 1. The number of likely N-dealkylation sites (tertiary alicyclic amines) is 1. The van der Waals surface area contributed by atoms with Crippen LogP contribution in [0.4, 0.5) is 0 Å². The molecule has 1 saturated heterocycles. The van der Waals surface area contributed by atoms with Crippen LogP contribution in [0, 0.1) is 0 Å². The van der Waals surface area contributed by atoms with Crippen molar-refractivity contribution in [3.63, 3.8) is 0 Å². The molecule has 0 radical (unpaired) electrons. The normalized spacial score (nSPS) is 19.6. The van der Waals surface area contributed by atoms with E-state index in [0.717, 1.165) is 24.8 Å². The van der Waals surface area contributed by atoms with E-state index in [-0.39, 0.29) is 29.6 Å². The molecule has 2 fully saturated rings. The lowest BCUT2D eigenvalue weighted by Gasteiger charge is -2.14. The lowest BCUT2D eigenvalue weighted by Crippen LogP contribution is -2.31. The van der Waals surface area contributed by atoms with Gasteiger partial charge in [0, 0.05) is 41.4 Å². The number of aromatic nitrogens is 5. The van der Waals surface area contributed by atoms with Crippen LogP contribution in [0.2, 0.25) is 0 Å². The average Bonchev–Trinajstić information content (AvgIpc) is 3.18. The summed E-state index contributed by atoms with van der Waals surface area (Å²) in [5.74, 6) is -0.274. The van der Waals surface area contributed by atoms with Crippen molar-refractivity contribution in [1.29, 1.82) is 0 Å². The van der Waals surface area contributed by atoms with Crippen LogP contribution in [0.5, 0.6) is 5.88 Å². The Morgan fingerprint density at radius 1 is 1.29 bits per heavy atom. The number of fused-ring (bicyclic) bond motifs is 1. The second kappa shape index (κ2) is 7.92. The van der Waals surface area contributed by atoms with Crippen LogP contribution in [-0.2, 0) is 0 Å². The number of carbonyl (C=O) groups is 1. The number of nitrogens with one attached hydrogen (secondary N) is 2. The summed E-state index contributed by atoms with van der Waals surface area (Å²) in [4.78, 5) is 41.3. The van der Waals surface area contributed by atoms with Crippen molar-refractivity contribution in [2.24, 2.45) is 10.7 Å². The summed E-state index contributed by atoms with van der Waals surface area (Å²) in [5, 5.41) is 16.9. The van der Waals surface area contributed by atoms with Gasteiger partial charge in [-0.15, -0.1) is 11.3 Å². The molecule has 6 rings (SSSR count). The van der Waals surface area contributed by atoms with Gasteiger partial charge >= 0.3 is 5.69 Å². The van der Waals surface area contributed by atoms with Gasteiger partial charge in [0.1, 0.15) is 5.69 Å². The smallest absolute Gasteiger partial charge is 0.326 e. The van der Waals surface area contributed by atoms with Gasteiger partial charge in [0.2, 0.25) is 5.88 Å². The number of aromatic hydroxyl groups is 1. The number of nitrogens with zero attached hydrogens (tertiary/aromatic N) is 5. The molecule has 5 N–H and O–H groups in total. The molecule has 5 heterocycles. The van der Waals surface area contributed by atoms with Crippen LogP contribution in [-0.4, -0.2) is 65.7 Å². The third-order valence-electron chi connectivity index (χ3n) is 6.00. The number of imidazole rings is 1. The molecule has 174 valence electrons. The Balaban J connectivity index is 1.46. The molecule has 1 aliphatic carbocycles. The Labute approximate surface area is 196 Å². The summed E-state index contributed by atoms with van der Waals surface area (Å²) in [6, 6.07) is 4.02. The van der Waals surface area contributed by atoms with Crippen LogP contribution in [0.15, 0.2) is 33.5 Å². The highest BCUT2D eigenvalue weighted by Crippen LogP contribution is 2.26. The zero-order chi connectivity index (χ0) is 23.4. The van der Waals surface area contributed by atoms with Crippen LogP contribution < -0.4 is 22.1 Å². The molecular formula is C22H22N8O3S. The van der Waals surface area contributed by atoms with Gasteiger partial charge in [-0.25, -0.2) is 9.78 Å². The summed E-state index contributed by atoms with van der Waals surface area (Å²) < 4.78 is 1.65. The second-order valence-electron chi connectivity index (χ2n) is 8.68. The van der Waals surface area contributed by atoms with E-state index in [0.29, 0.717) is 40.0 Å². The van der Waals surface area contributed by atoms with E-state index < -0.39 is 5.69 Å². The lowest BCUT2D eigenvalue weighted by atomic mass is 10.2. The molecule has 0 unspecified atom stereocenters. The predicted molar refractivity (Wildman–Crippen MR) is 125 cm³/mol. The highest BCUT2D eigenvalue weighted by atomic mass is 32.1. The van der Waals surface area contributed by atoms with Crippen molar-refractivity contribution in [3.05, 3.63) is 55.5 Å². The Kier molecular flexibility index (Phi) is 4.85. The van der Waals surface area contributed by atoms with Crippen LogP contribution in [0.3, 0.4) is 0 Å². The van der Waals surface area contributed by atoms with Crippen LogP contribution in [0.1, 0.15) is 34.6 Å². The van der Waals surface area contributed by atoms with E-state index >= 15 is 0 Å². The SMILES string of the molecule is N[C@@H]1CCN(C(=O)c2cc(-c3cc(=NC4CC4)n4ncc(=Cc5[nH]c(=O)[nH]c5O)c4n3)cs2)C1. The van der Waals surface area contributed by atoms with Crippen molar-refractivity contribution < 1.29 is 9.90 Å². The highest BCUT2D eigenvalue weighted by Gasteiger charge is 2.26. The maximum atomic E-state index is 12.9. The van der Waals surface area contributed by atoms with Gasteiger partial charge < -0.3 is 20.7 Å². The minimum absolute atomic E-state index is 0.0153. The maximum absolute atomic E-state index is 12.9. The largest absolute Gasteiger partial charge is 0.493 e. The quantitative estimate of drug-likeness (QED) is 0.322. The molecule has 4 aromatic heterocycles. The summed E-state index contributed by atoms with van der Waals surface area (Å²) in [6.07, 6.45) is 6.10. The van der Waals surface area contributed by atoms with Gasteiger partial charge in [0.15, 0.2) is 11.1 Å². The number of rotatable bonds is 4. The van der Waals surface area contributed by atoms with Crippen LogP contribution in [0.25, 0.3) is 23.0 Å². The molecule has 0 spiro atoms. The predicted octanol–water partition coefficient (Wildman–Crippen LogP) is -0.0362. The first kappa shape index (κ1) is 20.8. The number of H-pyrrole nitrogens is 2. The molecule has 1 amide bonds. The van der Waals surface area contributed by atoms with Crippen molar-refractivity contribution >= 4 is 29.0 Å². The minimum atomic E-state index is -0.507. The monoisotopic (exact) mass is 478 g/mol. The van der Waals surface area contributed by atoms with Gasteiger partial charge in [-0.1, -0.05) is 0 Å². The van der Waals surface area contributed by atoms with Gasteiger partial charge in [0.25, 0.3) is 5.91 Å². The van der Waals surface area contributed by atoms with Gasteiger partial charge in [0.05, 0.1) is 22.8 Å². The van der Waals surface area contributed by atoms with E-state index in [1.807, 2.05) is 17.5 Å².